The summed E-state index contributed by atoms with van der Waals surface area (Å²) in [6.45, 7) is 1.89. The summed E-state index contributed by atoms with van der Waals surface area (Å²) in [5.74, 6) is 1.01. The number of aromatic hydroxyl groups is 1. The Hall–Kier alpha value is -1.96. The number of hydrogen-bond donors (Lipinski definition) is 1. The van der Waals surface area contributed by atoms with Crippen molar-refractivity contribution in [3.8, 4) is 11.5 Å². The van der Waals surface area contributed by atoms with Crippen molar-refractivity contribution in [1.82, 2.24) is 0 Å². The number of benzene rings is 2. The first-order chi connectivity index (χ1) is 8.20. The van der Waals surface area contributed by atoms with Gasteiger partial charge in [-0.2, -0.15) is 0 Å². The minimum absolute atomic E-state index is 0.277. The third kappa shape index (κ3) is 2.59. The summed E-state index contributed by atoms with van der Waals surface area (Å²) in [6, 6.07) is 13.9. The van der Waals surface area contributed by atoms with Gasteiger partial charge in [0.1, 0.15) is 11.5 Å². The third-order valence-corrected chi connectivity index (χ3v) is 2.84. The molecule has 2 aromatic carbocycles. The molecule has 2 nitrogen and oxygen atoms in total. The number of phenolic OH excluding ortho intramolecular Hbond substituents is 1. The lowest BCUT2D eigenvalue weighted by Crippen LogP contribution is -1.95. The highest BCUT2D eigenvalue weighted by atomic mass is 16.5. The molecule has 0 aliphatic rings. The molecule has 0 aliphatic carbocycles. The van der Waals surface area contributed by atoms with E-state index in [1.54, 1.807) is 13.2 Å². The predicted molar refractivity (Wildman–Crippen MR) is 68.6 cm³/mol. The van der Waals surface area contributed by atoms with E-state index in [9.17, 15) is 5.11 Å². The van der Waals surface area contributed by atoms with E-state index >= 15 is 0 Å². The van der Waals surface area contributed by atoms with Gasteiger partial charge in [0.15, 0.2) is 0 Å². The number of hydrogen-bond acceptors (Lipinski definition) is 2. The lowest BCUT2D eigenvalue weighted by molar-refractivity contribution is 0.403. The molecule has 2 aromatic rings. The van der Waals surface area contributed by atoms with E-state index in [1.165, 1.54) is 5.56 Å². The predicted octanol–water partition coefficient (Wildman–Crippen LogP) is 3.30. The Labute approximate surface area is 101 Å². The van der Waals surface area contributed by atoms with Crippen molar-refractivity contribution in [2.45, 2.75) is 13.3 Å². The van der Waals surface area contributed by atoms with E-state index in [-0.39, 0.29) is 5.75 Å². The van der Waals surface area contributed by atoms with E-state index in [0.29, 0.717) is 0 Å². The Bertz CT molecular complexity index is 504. The zero-order chi connectivity index (χ0) is 12.3. The molecule has 17 heavy (non-hydrogen) atoms. The van der Waals surface area contributed by atoms with Crippen molar-refractivity contribution in [3.63, 3.8) is 0 Å². The van der Waals surface area contributed by atoms with Gasteiger partial charge in [0.25, 0.3) is 0 Å². The van der Waals surface area contributed by atoms with Crippen molar-refractivity contribution in [3.05, 3.63) is 59.2 Å². The quantitative estimate of drug-likeness (QED) is 0.873. The van der Waals surface area contributed by atoms with Crippen molar-refractivity contribution < 1.29 is 9.84 Å². The number of aryl methyl sites for hydroxylation is 1. The van der Waals surface area contributed by atoms with Crippen LogP contribution in [0, 0.1) is 6.92 Å². The minimum Gasteiger partial charge on any atom is -0.508 e. The van der Waals surface area contributed by atoms with Crippen LogP contribution in [0.2, 0.25) is 0 Å². The van der Waals surface area contributed by atoms with Crippen LogP contribution in [0.25, 0.3) is 0 Å². The number of phenols is 1. The Balaban J connectivity index is 2.35. The molecule has 0 fully saturated rings. The lowest BCUT2D eigenvalue weighted by Gasteiger charge is -2.11. The number of ether oxygens (including phenoxy) is 1. The SMILES string of the molecule is COc1cc(O)c(C)cc1Cc1ccccc1. The molecule has 0 radical (unpaired) electrons. The first kappa shape index (κ1) is 11.5. The van der Waals surface area contributed by atoms with Gasteiger partial charge < -0.3 is 9.84 Å². The first-order valence-corrected chi connectivity index (χ1v) is 5.61. The molecule has 0 heterocycles. The monoisotopic (exact) mass is 228 g/mol. The third-order valence-electron chi connectivity index (χ3n) is 2.84. The molecule has 2 heteroatoms. The van der Waals surface area contributed by atoms with Gasteiger partial charge in [-0.05, 0) is 29.7 Å². The van der Waals surface area contributed by atoms with Crippen LogP contribution in [-0.4, -0.2) is 12.2 Å². The van der Waals surface area contributed by atoms with Gasteiger partial charge in [0.05, 0.1) is 7.11 Å². The molecule has 0 atom stereocenters. The van der Waals surface area contributed by atoms with Crippen molar-refractivity contribution in [2.24, 2.45) is 0 Å². The highest BCUT2D eigenvalue weighted by molar-refractivity contribution is 5.47. The number of rotatable bonds is 3. The van der Waals surface area contributed by atoms with Crippen molar-refractivity contribution >= 4 is 0 Å². The van der Waals surface area contributed by atoms with Crippen LogP contribution in [0.4, 0.5) is 0 Å². The highest BCUT2D eigenvalue weighted by Gasteiger charge is 2.07. The topological polar surface area (TPSA) is 29.5 Å². The summed E-state index contributed by atoms with van der Waals surface area (Å²) < 4.78 is 5.29. The molecular formula is C15H16O2. The van der Waals surface area contributed by atoms with Gasteiger partial charge in [-0.15, -0.1) is 0 Å². The van der Waals surface area contributed by atoms with Gasteiger partial charge in [0.2, 0.25) is 0 Å². The molecule has 88 valence electrons. The van der Waals surface area contributed by atoms with Crippen LogP contribution in [0.1, 0.15) is 16.7 Å². The zero-order valence-electron chi connectivity index (χ0n) is 10.1. The fraction of sp³-hybridized carbons (Fsp3) is 0.200. The molecule has 0 amide bonds. The summed E-state index contributed by atoms with van der Waals surface area (Å²) >= 11 is 0. The summed E-state index contributed by atoms with van der Waals surface area (Å²) in [5, 5.41) is 9.64. The van der Waals surface area contributed by atoms with Crippen LogP contribution < -0.4 is 4.74 Å². The maximum atomic E-state index is 9.64. The summed E-state index contributed by atoms with van der Waals surface area (Å²) in [5.41, 5.74) is 3.20. The molecule has 2 rings (SSSR count). The Morgan fingerprint density at radius 1 is 1.12 bits per heavy atom. The first-order valence-electron chi connectivity index (χ1n) is 5.61. The summed E-state index contributed by atoms with van der Waals surface area (Å²) in [6.07, 6.45) is 0.811. The van der Waals surface area contributed by atoms with E-state index in [4.69, 9.17) is 4.74 Å². The second-order valence-electron chi connectivity index (χ2n) is 4.11. The molecule has 0 unspecified atom stereocenters. The normalized spacial score (nSPS) is 10.2. The molecular weight excluding hydrogens is 212 g/mol. The molecule has 0 spiro atoms. The lowest BCUT2D eigenvalue weighted by atomic mass is 10.0. The smallest absolute Gasteiger partial charge is 0.126 e. The Morgan fingerprint density at radius 3 is 2.47 bits per heavy atom. The maximum Gasteiger partial charge on any atom is 0.126 e. The average molecular weight is 228 g/mol. The summed E-state index contributed by atoms with van der Waals surface area (Å²) in [4.78, 5) is 0. The Kier molecular flexibility index (Phi) is 3.33. The highest BCUT2D eigenvalue weighted by Crippen LogP contribution is 2.29. The van der Waals surface area contributed by atoms with Gasteiger partial charge >= 0.3 is 0 Å². The molecule has 0 saturated carbocycles. The second kappa shape index (κ2) is 4.91. The number of methoxy groups -OCH3 is 1. The van der Waals surface area contributed by atoms with Crippen LogP contribution >= 0.6 is 0 Å². The largest absolute Gasteiger partial charge is 0.508 e. The van der Waals surface area contributed by atoms with Crippen molar-refractivity contribution in [2.75, 3.05) is 7.11 Å². The van der Waals surface area contributed by atoms with Gasteiger partial charge in [0, 0.05) is 12.5 Å². The van der Waals surface area contributed by atoms with Crippen LogP contribution in [-0.2, 0) is 6.42 Å². The van der Waals surface area contributed by atoms with Crippen LogP contribution in [0.15, 0.2) is 42.5 Å². The maximum absolute atomic E-state index is 9.64. The zero-order valence-corrected chi connectivity index (χ0v) is 10.1. The van der Waals surface area contributed by atoms with Crippen LogP contribution in [0.5, 0.6) is 11.5 Å². The van der Waals surface area contributed by atoms with Gasteiger partial charge in [-0.25, -0.2) is 0 Å². The van der Waals surface area contributed by atoms with E-state index in [2.05, 4.69) is 12.1 Å². The standard InChI is InChI=1S/C15H16O2/c1-11-8-13(15(17-2)10-14(11)16)9-12-6-4-3-5-7-12/h3-8,10,16H,9H2,1-2H3. The summed E-state index contributed by atoms with van der Waals surface area (Å²) in [7, 11) is 1.62. The van der Waals surface area contributed by atoms with Crippen molar-refractivity contribution in [1.29, 1.82) is 0 Å². The fourth-order valence-corrected chi connectivity index (χ4v) is 1.88. The van der Waals surface area contributed by atoms with Crippen LogP contribution in [0.3, 0.4) is 0 Å². The minimum atomic E-state index is 0.277. The second-order valence-corrected chi connectivity index (χ2v) is 4.11. The molecule has 0 aliphatic heterocycles. The van der Waals surface area contributed by atoms with Gasteiger partial charge in [-0.1, -0.05) is 30.3 Å². The van der Waals surface area contributed by atoms with Gasteiger partial charge in [-0.3, -0.25) is 0 Å². The molecule has 0 bridgehead atoms. The average Bonchev–Trinajstić information content (AvgIpc) is 2.35. The molecule has 0 aromatic heterocycles. The van der Waals surface area contributed by atoms with E-state index in [1.807, 2.05) is 31.2 Å². The fourth-order valence-electron chi connectivity index (χ4n) is 1.88. The molecule has 1 N–H and O–H groups in total. The molecule has 0 saturated heterocycles. The van der Waals surface area contributed by atoms with E-state index in [0.717, 1.165) is 23.3 Å². The van der Waals surface area contributed by atoms with E-state index < -0.39 is 0 Å². The Morgan fingerprint density at radius 2 is 1.82 bits per heavy atom.